The van der Waals surface area contributed by atoms with Gasteiger partial charge < -0.3 is 15.5 Å². The average Bonchev–Trinajstić information content (AvgIpc) is 3.25. The maximum Gasteiger partial charge on any atom is 0.318 e. The van der Waals surface area contributed by atoms with Gasteiger partial charge in [-0.2, -0.15) is 5.26 Å². The first-order valence-electron chi connectivity index (χ1n) is 11.3. The lowest BCUT2D eigenvalue weighted by Gasteiger charge is -2.27. The van der Waals surface area contributed by atoms with Crippen molar-refractivity contribution in [2.45, 2.75) is 44.7 Å². The van der Waals surface area contributed by atoms with Crippen LogP contribution in [0.15, 0.2) is 60.8 Å². The van der Waals surface area contributed by atoms with E-state index >= 15 is 0 Å². The Labute approximate surface area is 203 Å². The summed E-state index contributed by atoms with van der Waals surface area (Å²) in [5.74, 6) is 0.116. The Morgan fingerprint density at radius 3 is 2.74 bits per heavy atom. The van der Waals surface area contributed by atoms with Crippen molar-refractivity contribution in [3.8, 4) is 6.07 Å². The first-order valence-corrected chi connectivity index (χ1v) is 12.1. The minimum absolute atomic E-state index is 0.0177. The Morgan fingerprint density at radius 2 is 2.00 bits per heavy atom. The second-order valence-corrected chi connectivity index (χ2v) is 9.59. The fraction of sp³-hybridized carbons (Fsp3) is 0.308. The van der Waals surface area contributed by atoms with Gasteiger partial charge in [0, 0.05) is 36.2 Å². The highest BCUT2D eigenvalue weighted by atomic mass is 32.1. The summed E-state index contributed by atoms with van der Waals surface area (Å²) in [5.41, 5.74) is 3.06. The van der Waals surface area contributed by atoms with Crippen molar-refractivity contribution >= 4 is 28.3 Å². The summed E-state index contributed by atoms with van der Waals surface area (Å²) in [6, 6.07) is 18.8. The molecule has 2 atom stereocenters. The number of pyridine rings is 1. The summed E-state index contributed by atoms with van der Waals surface area (Å²) < 4.78 is 0. The lowest BCUT2D eigenvalue weighted by Crippen LogP contribution is -2.46. The molecule has 1 aromatic carbocycles. The number of aromatic nitrogens is 1. The molecule has 1 aliphatic heterocycles. The number of hydrogen-bond acceptors (Lipinski definition) is 5. The third-order valence-corrected chi connectivity index (χ3v) is 6.96. The molecule has 0 saturated carbocycles. The summed E-state index contributed by atoms with van der Waals surface area (Å²) in [4.78, 5) is 32.4. The van der Waals surface area contributed by atoms with Crippen LogP contribution in [0.1, 0.15) is 41.0 Å². The number of carbonyl (C=O) groups excluding carboxylic acids is 2. The molecule has 3 aromatic rings. The summed E-state index contributed by atoms with van der Waals surface area (Å²) in [5, 5.41) is 16.1. The van der Waals surface area contributed by atoms with E-state index in [2.05, 4.69) is 21.7 Å². The molecule has 0 bridgehead atoms. The van der Waals surface area contributed by atoms with Gasteiger partial charge >= 0.3 is 6.03 Å². The number of amides is 3. The van der Waals surface area contributed by atoms with Gasteiger partial charge in [-0.3, -0.25) is 9.78 Å². The Kier molecular flexibility index (Phi) is 7.55. The number of carbonyl (C=O) groups is 2. The molecule has 2 aromatic heterocycles. The lowest BCUT2D eigenvalue weighted by molar-refractivity contribution is -0.116. The van der Waals surface area contributed by atoms with Crippen molar-refractivity contribution in [3.63, 3.8) is 0 Å². The zero-order chi connectivity index (χ0) is 23.9. The van der Waals surface area contributed by atoms with E-state index in [1.54, 1.807) is 11.1 Å². The third kappa shape index (κ3) is 6.00. The van der Waals surface area contributed by atoms with Crippen LogP contribution in [0.25, 0.3) is 0 Å². The molecular weight excluding hydrogens is 446 g/mol. The van der Waals surface area contributed by atoms with Crippen LogP contribution < -0.4 is 10.6 Å². The van der Waals surface area contributed by atoms with Crippen molar-refractivity contribution in [1.82, 2.24) is 15.2 Å². The molecule has 0 aliphatic carbocycles. The van der Waals surface area contributed by atoms with Gasteiger partial charge in [-0.25, -0.2) is 4.79 Å². The molecule has 0 saturated heterocycles. The summed E-state index contributed by atoms with van der Waals surface area (Å²) in [7, 11) is 0. The Bertz CT molecular complexity index is 1170. The first-order chi connectivity index (χ1) is 16.5. The van der Waals surface area contributed by atoms with Gasteiger partial charge in [0.1, 0.15) is 6.04 Å². The Morgan fingerprint density at radius 1 is 1.21 bits per heavy atom. The van der Waals surface area contributed by atoms with Crippen LogP contribution in [-0.2, 0) is 24.2 Å². The molecule has 34 heavy (non-hydrogen) atoms. The van der Waals surface area contributed by atoms with Gasteiger partial charge in [-0.1, -0.05) is 43.3 Å². The van der Waals surface area contributed by atoms with E-state index in [4.69, 9.17) is 0 Å². The molecule has 174 valence electrons. The maximum atomic E-state index is 12.8. The standard InChI is InChI=1S/C26H27N5O2S/c1-18(19-7-3-2-4-8-19)13-24(32)30-25-14-20-10-12-31(17-23(20)34-25)26(33)29-22(16-27)15-21-9-5-6-11-28-21/h2-9,11,14,18,22H,10,12-13,15,17H2,1H3,(H,29,33)(H,30,32). The van der Waals surface area contributed by atoms with Crippen LogP contribution in [0.3, 0.4) is 0 Å². The molecule has 3 amide bonds. The second kappa shape index (κ2) is 10.9. The van der Waals surface area contributed by atoms with Crippen LogP contribution in [-0.4, -0.2) is 34.4 Å². The lowest BCUT2D eigenvalue weighted by atomic mass is 9.98. The maximum absolute atomic E-state index is 12.8. The number of thiophene rings is 1. The van der Waals surface area contributed by atoms with E-state index in [0.717, 1.165) is 26.7 Å². The van der Waals surface area contributed by atoms with Gasteiger partial charge in [0.2, 0.25) is 5.91 Å². The number of rotatable bonds is 7. The van der Waals surface area contributed by atoms with Crippen molar-refractivity contribution in [3.05, 3.63) is 82.5 Å². The Balaban J connectivity index is 1.31. The number of benzene rings is 1. The summed E-state index contributed by atoms with van der Waals surface area (Å²) in [6.07, 6.45) is 3.16. The van der Waals surface area contributed by atoms with Crippen LogP contribution >= 0.6 is 11.3 Å². The highest BCUT2D eigenvalue weighted by Crippen LogP contribution is 2.32. The molecular formula is C26H27N5O2S. The third-order valence-electron chi connectivity index (χ3n) is 5.89. The van der Waals surface area contributed by atoms with Gasteiger partial charge in [0.15, 0.2) is 0 Å². The number of nitrogens with zero attached hydrogens (tertiary/aromatic N) is 3. The fourth-order valence-electron chi connectivity index (χ4n) is 4.02. The van der Waals surface area contributed by atoms with Crippen molar-refractivity contribution in [2.75, 3.05) is 11.9 Å². The molecule has 0 fully saturated rings. The predicted octanol–water partition coefficient (Wildman–Crippen LogP) is 4.48. The van der Waals surface area contributed by atoms with Gasteiger partial charge in [0.05, 0.1) is 17.6 Å². The van der Waals surface area contributed by atoms with Crippen molar-refractivity contribution < 1.29 is 9.59 Å². The van der Waals surface area contributed by atoms with E-state index in [9.17, 15) is 14.9 Å². The number of fused-ring (bicyclic) bond motifs is 1. The minimum Gasteiger partial charge on any atom is -0.322 e. The molecule has 8 heteroatoms. The molecule has 2 N–H and O–H groups in total. The topological polar surface area (TPSA) is 98.1 Å². The normalized spacial score (nSPS) is 14.4. The number of anilines is 1. The zero-order valence-corrected chi connectivity index (χ0v) is 19.8. The van der Waals surface area contributed by atoms with Crippen LogP contribution in [0.4, 0.5) is 9.80 Å². The molecule has 7 nitrogen and oxygen atoms in total. The molecule has 1 aliphatic rings. The second-order valence-electron chi connectivity index (χ2n) is 8.45. The monoisotopic (exact) mass is 473 g/mol. The van der Waals surface area contributed by atoms with Crippen molar-refractivity contribution in [1.29, 1.82) is 5.26 Å². The van der Waals surface area contributed by atoms with Gasteiger partial charge in [-0.05, 0) is 41.7 Å². The zero-order valence-electron chi connectivity index (χ0n) is 19.0. The molecule has 0 radical (unpaired) electrons. The number of hydrogen-bond donors (Lipinski definition) is 2. The fourth-order valence-corrected chi connectivity index (χ4v) is 5.16. The number of urea groups is 1. The highest BCUT2D eigenvalue weighted by molar-refractivity contribution is 7.16. The molecule has 0 spiro atoms. The smallest absolute Gasteiger partial charge is 0.318 e. The van der Waals surface area contributed by atoms with Crippen LogP contribution in [0, 0.1) is 11.3 Å². The summed E-state index contributed by atoms with van der Waals surface area (Å²) in [6.45, 7) is 3.08. The molecule has 3 heterocycles. The van der Waals surface area contributed by atoms with E-state index in [0.29, 0.717) is 32.4 Å². The van der Waals surface area contributed by atoms with E-state index in [-0.39, 0.29) is 17.9 Å². The molecule has 4 rings (SSSR count). The van der Waals surface area contributed by atoms with Crippen LogP contribution in [0.2, 0.25) is 0 Å². The number of nitriles is 1. The van der Waals surface area contributed by atoms with E-state index in [1.165, 1.54) is 11.3 Å². The largest absolute Gasteiger partial charge is 0.322 e. The van der Waals surface area contributed by atoms with Crippen LogP contribution in [0.5, 0.6) is 0 Å². The van der Waals surface area contributed by atoms with Gasteiger partial charge in [0.25, 0.3) is 0 Å². The summed E-state index contributed by atoms with van der Waals surface area (Å²) >= 11 is 1.51. The van der Waals surface area contributed by atoms with Gasteiger partial charge in [-0.15, -0.1) is 11.3 Å². The number of nitrogens with one attached hydrogen (secondary N) is 2. The van der Waals surface area contributed by atoms with E-state index < -0.39 is 6.04 Å². The Hall–Kier alpha value is -3.70. The predicted molar refractivity (Wildman–Crippen MR) is 132 cm³/mol. The first kappa shape index (κ1) is 23.5. The SMILES string of the molecule is CC(CC(=O)Nc1cc2c(s1)CN(C(=O)NC(C#N)Cc1ccccn1)CC2)c1ccccc1. The molecule has 2 unspecified atom stereocenters. The van der Waals surface area contributed by atoms with E-state index in [1.807, 2.05) is 61.5 Å². The highest BCUT2D eigenvalue weighted by Gasteiger charge is 2.25. The minimum atomic E-state index is -0.645. The quantitative estimate of drug-likeness (QED) is 0.529. The average molecular weight is 474 g/mol. The van der Waals surface area contributed by atoms with Crippen molar-refractivity contribution in [2.24, 2.45) is 0 Å².